The first kappa shape index (κ1) is 14.3. The zero-order valence-electron chi connectivity index (χ0n) is 10.8. The van der Waals surface area contributed by atoms with Crippen molar-refractivity contribution in [1.82, 2.24) is 10.3 Å². The minimum absolute atomic E-state index is 0.194. The number of hydrogen-bond acceptors (Lipinski definition) is 3. The van der Waals surface area contributed by atoms with Crippen molar-refractivity contribution in [3.8, 4) is 0 Å². The van der Waals surface area contributed by atoms with Gasteiger partial charge in [0.15, 0.2) is 0 Å². The standard InChI is InChI=1S/C14H19ClN2O2/c15-13-5-6-16-8-12(13)14(19)17-7-10-3-1-2-4-11(10)9-18/h5-6,8,10-11,18H,1-4,7,9H2,(H,17,19). The number of nitrogens with one attached hydrogen (secondary N) is 1. The lowest BCUT2D eigenvalue weighted by atomic mass is 9.79. The Labute approximate surface area is 118 Å². The fraction of sp³-hybridized carbons (Fsp3) is 0.571. The van der Waals surface area contributed by atoms with E-state index in [2.05, 4.69) is 10.3 Å². The molecule has 1 aliphatic carbocycles. The summed E-state index contributed by atoms with van der Waals surface area (Å²) in [5.41, 5.74) is 0.403. The van der Waals surface area contributed by atoms with Crippen LogP contribution in [0.25, 0.3) is 0 Å². The highest BCUT2D eigenvalue weighted by Gasteiger charge is 2.25. The summed E-state index contributed by atoms with van der Waals surface area (Å²) in [5.74, 6) is 0.469. The monoisotopic (exact) mass is 282 g/mol. The molecule has 5 heteroatoms. The molecule has 1 aliphatic rings. The number of pyridine rings is 1. The lowest BCUT2D eigenvalue weighted by molar-refractivity contribution is 0.0909. The molecule has 0 spiro atoms. The molecule has 1 fully saturated rings. The molecule has 0 aromatic carbocycles. The Morgan fingerprint density at radius 1 is 1.42 bits per heavy atom. The third kappa shape index (κ3) is 3.67. The fourth-order valence-electron chi connectivity index (χ4n) is 2.66. The van der Waals surface area contributed by atoms with Gasteiger partial charge in [-0.1, -0.05) is 24.4 Å². The molecule has 2 N–H and O–H groups in total. The summed E-state index contributed by atoms with van der Waals surface area (Å²) in [4.78, 5) is 15.9. The maximum absolute atomic E-state index is 12.0. The Bertz CT molecular complexity index is 439. The number of aliphatic hydroxyl groups excluding tert-OH is 1. The lowest BCUT2D eigenvalue weighted by Crippen LogP contribution is -2.35. The maximum Gasteiger partial charge on any atom is 0.254 e. The lowest BCUT2D eigenvalue weighted by Gasteiger charge is -2.30. The summed E-state index contributed by atoms with van der Waals surface area (Å²) in [7, 11) is 0. The molecule has 0 radical (unpaired) electrons. The molecule has 1 amide bonds. The van der Waals surface area contributed by atoms with Crippen molar-refractivity contribution in [3.05, 3.63) is 29.0 Å². The van der Waals surface area contributed by atoms with E-state index >= 15 is 0 Å². The smallest absolute Gasteiger partial charge is 0.254 e. The Morgan fingerprint density at radius 2 is 2.16 bits per heavy atom. The molecule has 0 aliphatic heterocycles. The van der Waals surface area contributed by atoms with Crippen LogP contribution in [0.15, 0.2) is 18.5 Å². The Morgan fingerprint density at radius 3 is 2.84 bits per heavy atom. The fourth-order valence-corrected chi connectivity index (χ4v) is 2.85. The van der Waals surface area contributed by atoms with E-state index in [0.29, 0.717) is 29.0 Å². The number of halogens is 1. The number of hydrogen-bond donors (Lipinski definition) is 2. The first-order valence-corrected chi connectivity index (χ1v) is 7.08. The Hall–Kier alpha value is -1.13. The van der Waals surface area contributed by atoms with Gasteiger partial charge < -0.3 is 10.4 Å². The Kier molecular flexibility index (Phi) is 5.16. The van der Waals surface area contributed by atoms with Gasteiger partial charge in [0.25, 0.3) is 5.91 Å². The van der Waals surface area contributed by atoms with Gasteiger partial charge in [-0.25, -0.2) is 0 Å². The quantitative estimate of drug-likeness (QED) is 0.890. The Balaban J connectivity index is 1.91. The predicted octanol–water partition coefficient (Wildman–Crippen LogP) is 2.26. The molecule has 2 unspecified atom stereocenters. The average Bonchev–Trinajstić information content (AvgIpc) is 2.45. The van der Waals surface area contributed by atoms with Crippen molar-refractivity contribution in [1.29, 1.82) is 0 Å². The van der Waals surface area contributed by atoms with Crippen molar-refractivity contribution in [2.75, 3.05) is 13.2 Å². The second kappa shape index (κ2) is 6.87. The van der Waals surface area contributed by atoms with Gasteiger partial charge in [-0.2, -0.15) is 0 Å². The van der Waals surface area contributed by atoms with E-state index in [-0.39, 0.29) is 12.5 Å². The van der Waals surface area contributed by atoms with Crippen LogP contribution in [0.2, 0.25) is 5.02 Å². The molecule has 0 bridgehead atoms. The van der Waals surface area contributed by atoms with E-state index < -0.39 is 0 Å². The van der Waals surface area contributed by atoms with Crippen molar-refractivity contribution < 1.29 is 9.90 Å². The number of aliphatic hydroxyl groups is 1. The van der Waals surface area contributed by atoms with Crippen LogP contribution in [0.5, 0.6) is 0 Å². The summed E-state index contributed by atoms with van der Waals surface area (Å²) >= 11 is 5.96. The first-order chi connectivity index (χ1) is 9.22. The van der Waals surface area contributed by atoms with Gasteiger partial charge in [0.2, 0.25) is 0 Å². The third-order valence-electron chi connectivity index (χ3n) is 3.84. The van der Waals surface area contributed by atoms with Gasteiger partial charge in [0, 0.05) is 25.5 Å². The van der Waals surface area contributed by atoms with Crippen molar-refractivity contribution in [3.63, 3.8) is 0 Å². The molecule has 2 rings (SSSR count). The van der Waals surface area contributed by atoms with Crippen LogP contribution in [0, 0.1) is 11.8 Å². The molecule has 0 saturated heterocycles. The largest absolute Gasteiger partial charge is 0.396 e. The van der Waals surface area contributed by atoms with E-state index in [1.807, 2.05) is 0 Å². The highest BCUT2D eigenvalue weighted by molar-refractivity contribution is 6.33. The number of carbonyl (C=O) groups is 1. The molecule has 19 heavy (non-hydrogen) atoms. The molecule has 1 aromatic heterocycles. The van der Waals surface area contributed by atoms with Gasteiger partial charge in [0.05, 0.1) is 10.6 Å². The van der Waals surface area contributed by atoms with Crippen molar-refractivity contribution >= 4 is 17.5 Å². The van der Waals surface area contributed by atoms with Crippen molar-refractivity contribution in [2.45, 2.75) is 25.7 Å². The number of nitrogens with zero attached hydrogens (tertiary/aromatic N) is 1. The molecule has 1 aromatic rings. The highest BCUT2D eigenvalue weighted by atomic mass is 35.5. The molecule has 4 nitrogen and oxygen atoms in total. The van der Waals surface area contributed by atoms with Crippen LogP contribution < -0.4 is 5.32 Å². The minimum Gasteiger partial charge on any atom is -0.396 e. The van der Waals surface area contributed by atoms with E-state index in [0.717, 1.165) is 12.8 Å². The summed E-state index contributed by atoms with van der Waals surface area (Å²) in [6.45, 7) is 0.795. The zero-order chi connectivity index (χ0) is 13.7. The third-order valence-corrected chi connectivity index (χ3v) is 4.17. The second-order valence-electron chi connectivity index (χ2n) is 5.05. The summed E-state index contributed by atoms with van der Waals surface area (Å²) in [6.07, 6.45) is 7.48. The number of aromatic nitrogens is 1. The first-order valence-electron chi connectivity index (χ1n) is 6.71. The number of rotatable bonds is 4. The maximum atomic E-state index is 12.0. The molecular formula is C14H19ClN2O2. The molecule has 104 valence electrons. The van der Waals surface area contributed by atoms with E-state index in [9.17, 15) is 9.90 Å². The molecule has 1 saturated carbocycles. The van der Waals surface area contributed by atoms with E-state index in [4.69, 9.17) is 11.6 Å². The minimum atomic E-state index is -0.194. The predicted molar refractivity (Wildman–Crippen MR) is 74.1 cm³/mol. The van der Waals surface area contributed by atoms with Crippen LogP contribution in [0.1, 0.15) is 36.0 Å². The highest BCUT2D eigenvalue weighted by Crippen LogP contribution is 2.29. The van der Waals surface area contributed by atoms with Crippen molar-refractivity contribution in [2.24, 2.45) is 11.8 Å². The number of amides is 1. The average molecular weight is 283 g/mol. The topological polar surface area (TPSA) is 62.2 Å². The second-order valence-corrected chi connectivity index (χ2v) is 5.46. The van der Waals surface area contributed by atoms with Crippen LogP contribution in [-0.4, -0.2) is 29.1 Å². The van der Waals surface area contributed by atoms with Crippen LogP contribution >= 0.6 is 11.6 Å². The molecule has 2 atom stereocenters. The SMILES string of the molecule is O=C(NCC1CCCCC1CO)c1cnccc1Cl. The van der Waals surface area contributed by atoms with E-state index in [1.165, 1.54) is 19.0 Å². The van der Waals surface area contributed by atoms with Crippen LogP contribution in [0.3, 0.4) is 0 Å². The number of carbonyl (C=O) groups excluding carboxylic acids is 1. The van der Waals surface area contributed by atoms with Gasteiger partial charge in [-0.3, -0.25) is 9.78 Å². The summed E-state index contributed by atoms with van der Waals surface area (Å²) in [5, 5.41) is 12.7. The van der Waals surface area contributed by atoms with Gasteiger partial charge in [0.1, 0.15) is 0 Å². The molecular weight excluding hydrogens is 264 g/mol. The van der Waals surface area contributed by atoms with Gasteiger partial charge >= 0.3 is 0 Å². The van der Waals surface area contributed by atoms with E-state index in [1.54, 1.807) is 12.3 Å². The zero-order valence-corrected chi connectivity index (χ0v) is 11.6. The normalized spacial score (nSPS) is 23.1. The summed E-state index contributed by atoms with van der Waals surface area (Å²) < 4.78 is 0. The molecule has 1 heterocycles. The summed E-state index contributed by atoms with van der Waals surface area (Å²) in [6, 6.07) is 1.60. The van der Waals surface area contributed by atoms with Gasteiger partial charge in [-0.15, -0.1) is 0 Å². The van der Waals surface area contributed by atoms with Crippen LogP contribution in [0.4, 0.5) is 0 Å². The van der Waals surface area contributed by atoms with Crippen LogP contribution in [-0.2, 0) is 0 Å². The van der Waals surface area contributed by atoms with Gasteiger partial charge in [-0.05, 0) is 30.7 Å².